The summed E-state index contributed by atoms with van der Waals surface area (Å²) in [6, 6.07) is 2.01. The number of aryl methyl sites for hydroxylation is 1. The molecule has 1 N–H and O–H groups in total. The van der Waals surface area contributed by atoms with Crippen molar-refractivity contribution in [3.8, 4) is 0 Å². The number of fused-ring (bicyclic) bond motifs is 1. The Hall–Kier alpha value is -1.63. The number of rotatable bonds is 3. The maximum Gasteiger partial charge on any atom is 0.391 e. The minimum atomic E-state index is -4.07. The highest BCUT2D eigenvalue weighted by atomic mass is 19.4. The summed E-state index contributed by atoms with van der Waals surface area (Å²) in [5.74, 6) is -0.138. The van der Waals surface area contributed by atoms with E-state index in [2.05, 4.69) is 26.1 Å². The van der Waals surface area contributed by atoms with E-state index >= 15 is 0 Å². The standard InChI is InChI=1S/C22H31F3N4/c1-4-17-14(3)27-20-11-19(15-5-7-16(8-6-15)22(23,24)25)28-29(20)21(17)18-12-26-10-9-13(18)2/h11,13,15-16,18,26H,4-10,12H2,1-3H3/t13-,15-,16-,18+/m1/s1. The third kappa shape index (κ3) is 3.90. The van der Waals surface area contributed by atoms with Gasteiger partial charge < -0.3 is 5.32 Å². The highest BCUT2D eigenvalue weighted by Gasteiger charge is 2.42. The van der Waals surface area contributed by atoms with Gasteiger partial charge in [0.05, 0.1) is 17.3 Å². The molecule has 3 heterocycles. The Labute approximate surface area is 170 Å². The van der Waals surface area contributed by atoms with E-state index < -0.39 is 12.1 Å². The summed E-state index contributed by atoms with van der Waals surface area (Å²) in [6.45, 7) is 8.49. The van der Waals surface area contributed by atoms with Gasteiger partial charge in [-0.1, -0.05) is 13.8 Å². The average Bonchev–Trinajstić information content (AvgIpc) is 3.10. The second-order valence-corrected chi connectivity index (χ2v) is 8.92. The van der Waals surface area contributed by atoms with Crippen LogP contribution in [0, 0.1) is 18.8 Å². The SMILES string of the molecule is CCc1c(C)nc2cc([C@H]3CC[C@H](C(F)(F)F)CC3)nn2c1[C@H]1CNCC[C@H]1C. The molecule has 2 fully saturated rings. The lowest BCUT2D eigenvalue weighted by Gasteiger charge is -2.31. The zero-order valence-electron chi connectivity index (χ0n) is 17.5. The van der Waals surface area contributed by atoms with Crippen LogP contribution in [0.15, 0.2) is 6.07 Å². The van der Waals surface area contributed by atoms with Crippen LogP contribution < -0.4 is 5.32 Å². The summed E-state index contributed by atoms with van der Waals surface area (Å²) in [5, 5.41) is 8.45. The third-order valence-electron chi connectivity index (χ3n) is 7.11. The molecule has 2 aromatic heterocycles. The normalized spacial score (nSPS) is 28.8. The number of nitrogens with zero attached hydrogens (tertiary/aromatic N) is 3. The van der Waals surface area contributed by atoms with Crippen molar-refractivity contribution in [3.05, 3.63) is 28.7 Å². The van der Waals surface area contributed by atoms with Crippen LogP contribution in [0.2, 0.25) is 0 Å². The molecule has 4 rings (SSSR count). The molecule has 0 spiro atoms. The number of aromatic nitrogens is 3. The monoisotopic (exact) mass is 408 g/mol. The van der Waals surface area contributed by atoms with Crippen LogP contribution in [-0.2, 0) is 6.42 Å². The van der Waals surface area contributed by atoms with E-state index in [1.807, 2.05) is 10.6 Å². The molecule has 4 nitrogen and oxygen atoms in total. The Kier molecular flexibility index (Phi) is 5.62. The van der Waals surface area contributed by atoms with E-state index in [1.165, 1.54) is 11.3 Å². The van der Waals surface area contributed by atoms with E-state index in [0.29, 0.717) is 24.7 Å². The van der Waals surface area contributed by atoms with E-state index in [4.69, 9.17) is 10.1 Å². The predicted octanol–water partition coefficient (Wildman–Crippen LogP) is 5.15. The lowest BCUT2D eigenvalue weighted by Crippen LogP contribution is -2.35. The smallest absolute Gasteiger partial charge is 0.316 e. The summed E-state index contributed by atoms with van der Waals surface area (Å²) < 4.78 is 41.1. The maximum atomic E-state index is 13.0. The molecule has 0 radical (unpaired) electrons. The van der Waals surface area contributed by atoms with E-state index in [1.54, 1.807) is 0 Å². The molecule has 2 atom stereocenters. The van der Waals surface area contributed by atoms with Crippen molar-refractivity contribution < 1.29 is 13.2 Å². The number of nitrogens with one attached hydrogen (secondary N) is 1. The molecule has 0 unspecified atom stereocenters. The number of piperidine rings is 1. The van der Waals surface area contributed by atoms with Gasteiger partial charge in [0, 0.05) is 30.1 Å². The lowest BCUT2D eigenvalue weighted by molar-refractivity contribution is -0.182. The van der Waals surface area contributed by atoms with Crippen LogP contribution in [0.3, 0.4) is 0 Å². The summed E-state index contributed by atoms with van der Waals surface area (Å²) >= 11 is 0. The Morgan fingerprint density at radius 1 is 1.17 bits per heavy atom. The van der Waals surface area contributed by atoms with Crippen molar-refractivity contribution in [2.24, 2.45) is 11.8 Å². The molecule has 0 bridgehead atoms. The van der Waals surface area contributed by atoms with Crippen molar-refractivity contribution in [1.29, 1.82) is 0 Å². The zero-order valence-corrected chi connectivity index (χ0v) is 17.5. The topological polar surface area (TPSA) is 42.2 Å². The second kappa shape index (κ2) is 7.89. The largest absolute Gasteiger partial charge is 0.391 e. The average molecular weight is 409 g/mol. The van der Waals surface area contributed by atoms with Gasteiger partial charge in [-0.15, -0.1) is 0 Å². The van der Waals surface area contributed by atoms with Gasteiger partial charge in [0.1, 0.15) is 0 Å². The van der Waals surface area contributed by atoms with Crippen molar-refractivity contribution in [3.63, 3.8) is 0 Å². The van der Waals surface area contributed by atoms with Crippen molar-refractivity contribution >= 4 is 5.65 Å². The van der Waals surface area contributed by atoms with Crippen LogP contribution in [-0.4, -0.2) is 33.9 Å². The first-order valence-electron chi connectivity index (χ1n) is 11.0. The van der Waals surface area contributed by atoms with Crippen LogP contribution >= 0.6 is 0 Å². The number of hydrogen-bond donors (Lipinski definition) is 1. The first kappa shape index (κ1) is 20.6. The first-order chi connectivity index (χ1) is 13.8. The van der Waals surface area contributed by atoms with E-state index in [9.17, 15) is 13.2 Å². The van der Waals surface area contributed by atoms with Crippen LogP contribution in [0.25, 0.3) is 5.65 Å². The van der Waals surface area contributed by atoms with Gasteiger partial charge in [-0.2, -0.15) is 18.3 Å². The van der Waals surface area contributed by atoms with Crippen LogP contribution in [0.5, 0.6) is 0 Å². The van der Waals surface area contributed by atoms with Gasteiger partial charge in [-0.05, 0) is 63.5 Å². The first-order valence-corrected chi connectivity index (χ1v) is 11.0. The Bertz CT molecular complexity index is 865. The number of halogens is 3. The molecule has 1 saturated carbocycles. The van der Waals surface area contributed by atoms with E-state index in [0.717, 1.165) is 43.0 Å². The minimum Gasteiger partial charge on any atom is -0.316 e. The van der Waals surface area contributed by atoms with Crippen LogP contribution in [0.1, 0.15) is 80.4 Å². The highest BCUT2D eigenvalue weighted by Crippen LogP contribution is 2.43. The molecule has 2 aromatic rings. The molecule has 1 saturated heterocycles. The van der Waals surface area contributed by atoms with Crippen molar-refractivity contribution in [1.82, 2.24) is 19.9 Å². The third-order valence-corrected chi connectivity index (χ3v) is 7.11. The predicted molar refractivity (Wildman–Crippen MR) is 107 cm³/mol. The molecule has 160 valence electrons. The van der Waals surface area contributed by atoms with E-state index in [-0.39, 0.29) is 18.8 Å². The zero-order chi connectivity index (χ0) is 20.8. The second-order valence-electron chi connectivity index (χ2n) is 8.92. The molecule has 0 aromatic carbocycles. The molecular formula is C22H31F3N4. The number of hydrogen-bond acceptors (Lipinski definition) is 3. The van der Waals surface area contributed by atoms with Crippen LogP contribution in [0.4, 0.5) is 13.2 Å². The van der Waals surface area contributed by atoms with Crippen molar-refractivity contribution in [2.45, 2.75) is 77.3 Å². The highest BCUT2D eigenvalue weighted by molar-refractivity contribution is 5.47. The fourth-order valence-corrected chi connectivity index (χ4v) is 5.29. The molecule has 1 aliphatic carbocycles. The van der Waals surface area contributed by atoms with Gasteiger partial charge >= 0.3 is 6.18 Å². The Morgan fingerprint density at radius 2 is 1.90 bits per heavy atom. The molecule has 29 heavy (non-hydrogen) atoms. The fraction of sp³-hybridized carbons (Fsp3) is 0.727. The molecule has 2 aliphatic rings. The van der Waals surface area contributed by atoms with Gasteiger partial charge in [0.25, 0.3) is 0 Å². The van der Waals surface area contributed by atoms with Gasteiger partial charge in [-0.3, -0.25) is 0 Å². The van der Waals surface area contributed by atoms with Crippen molar-refractivity contribution in [2.75, 3.05) is 13.1 Å². The fourth-order valence-electron chi connectivity index (χ4n) is 5.29. The lowest BCUT2D eigenvalue weighted by atomic mass is 9.80. The molecular weight excluding hydrogens is 377 g/mol. The summed E-state index contributed by atoms with van der Waals surface area (Å²) in [4.78, 5) is 4.80. The molecule has 1 aliphatic heterocycles. The minimum absolute atomic E-state index is 0.0930. The summed E-state index contributed by atoms with van der Waals surface area (Å²) in [5.41, 5.74) is 5.28. The Morgan fingerprint density at radius 3 is 2.52 bits per heavy atom. The molecule has 7 heteroatoms. The summed E-state index contributed by atoms with van der Waals surface area (Å²) in [7, 11) is 0. The van der Waals surface area contributed by atoms with Gasteiger partial charge in [0.2, 0.25) is 0 Å². The quantitative estimate of drug-likeness (QED) is 0.764. The molecule has 0 amide bonds. The number of alkyl halides is 3. The van der Waals surface area contributed by atoms with Gasteiger partial charge in [0.15, 0.2) is 5.65 Å². The van der Waals surface area contributed by atoms with Gasteiger partial charge in [-0.25, -0.2) is 9.50 Å². The maximum absolute atomic E-state index is 13.0. The summed E-state index contributed by atoms with van der Waals surface area (Å²) in [6.07, 6.45) is -0.549. The Balaban J connectivity index is 1.70.